The van der Waals surface area contributed by atoms with Crippen molar-refractivity contribution < 1.29 is 14.3 Å². The fraction of sp³-hybridized carbons (Fsp3) is 0.733. The van der Waals surface area contributed by atoms with Crippen molar-refractivity contribution in [1.29, 1.82) is 0 Å². The van der Waals surface area contributed by atoms with Crippen molar-refractivity contribution in [3.8, 4) is 0 Å². The number of ether oxygens (including phenoxy) is 1. The van der Waals surface area contributed by atoms with E-state index in [1.165, 1.54) is 6.08 Å². The first-order valence-electron chi connectivity index (χ1n) is 7.14. The fourth-order valence-corrected chi connectivity index (χ4v) is 2.31. The average Bonchev–Trinajstić information content (AvgIpc) is 2.36. The van der Waals surface area contributed by atoms with Gasteiger partial charge >= 0.3 is 6.09 Å². The molecule has 0 aromatic carbocycles. The van der Waals surface area contributed by atoms with Gasteiger partial charge in [-0.2, -0.15) is 0 Å². The van der Waals surface area contributed by atoms with E-state index in [9.17, 15) is 9.59 Å². The van der Waals surface area contributed by atoms with Crippen LogP contribution in [0.25, 0.3) is 0 Å². The van der Waals surface area contributed by atoms with Crippen LogP contribution in [0.1, 0.15) is 40.5 Å². The average molecular weight is 282 g/mol. The van der Waals surface area contributed by atoms with Crippen molar-refractivity contribution >= 4 is 12.0 Å². The summed E-state index contributed by atoms with van der Waals surface area (Å²) in [6.07, 6.45) is 2.78. The predicted octanol–water partition coefficient (Wildman–Crippen LogP) is 2.32. The van der Waals surface area contributed by atoms with E-state index < -0.39 is 5.60 Å². The summed E-state index contributed by atoms with van der Waals surface area (Å²) in [7, 11) is 0. The molecule has 0 aliphatic carbocycles. The molecule has 0 spiro atoms. The van der Waals surface area contributed by atoms with Gasteiger partial charge in [0.1, 0.15) is 5.60 Å². The van der Waals surface area contributed by atoms with Gasteiger partial charge in [-0.05, 0) is 52.5 Å². The molecule has 1 atom stereocenters. The summed E-state index contributed by atoms with van der Waals surface area (Å²) >= 11 is 0. The molecule has 0 unspecified atom stereocenters. The van der Waals surface area contributed by atoms with Gasteiger partial charge in [-0.3, -0.25) is 4.79 Å². The molecule has 0 aromatic rings. The van der Waals surface area contributed by atoms with Crippen LogP contribution in [0.2, 0.25) is 0 Å². The van der Waals surface area contributed by atoms with Crippen LogP contribution in [-0.2, 0) is 9.53 Å². The number of hydrogen-bond acceptors (Lipinski definition) is 3. The van der Waals surface area contributed by atoms with E-state index in [0.717, 1.165) is 12.8 Å². The molecule has 0 aromatic heterocycles. The Labute approximate surface area is 121 Å². The minimum absolute atomic E-state index is 0.0984. The van der Waals surface area contributed by atoms with Crippen molar-refractivity contribution in [2.45, 2.75) is 52.2 Å². The third kappa shape index (κ3) is 5.23. The SMILES string of the molecule is C=CC(=O)N[C@H](C)C1CCN(C(=O)OC(C)(C)C)CC1. The van der Waals surface area contributed by atoms with Crippen LogP contribution in [0, 0.1) is 5.92 Å². The van der Waals surface area contributed by atoms with Gasteiger partial charge in [0.25, 0.3) is 0 Å². The Morgan fingerprint density at radius 3 is 2.35 bits per heavy atom. The summed E-state index contributed by atoms with van der Waals surface area (Å²) in [5, 5.41) is 2.89. The highest BCUT2D eigenvalue weighted by Crippen LogP contribution is 2.22. The van der Waals surface area contributed by atoms with E-state index in [0.29, 0.717) is 19.0 Å². The van der Waals surface area contributed by atoms with Gasteiger partial charge in [-0.25, -0.2) is 4.79 Å². The van der Waals surface area contributed by atoms with Gasteiger partial charge < -0.3 is 15.0 Å². The van der Waals surface area contributed by atoms with Crippen molar-refractivity contribution in [3.63, 3.8) is 0 Å². The lowest BCUT2D eigenvalue weighted by atomic mass is 9.90. The van der Waals surface area contributed by atoms with E-state index in [2.05, 4.69) is 11.9 Å². The highest BCUT2D eigenvalue weighted by atomic mass is 16.6. The summed E-state index contributed by atoms with van der Waals surface area (Å²) in [5.41, 5.74) is -0.459. The number of nitrogens with one attached hydrogen (secondary N) is 1. The minimum Gasteiger partial charge on any atom is -0.444 e. The van der Waals surface area contributed by atoms with Gasteiger partial charge in [0.15, 0.2) is 0 Å². The van der Waals surface area contributed by atoms with Crippen LogP contribution < -0.4 is 5.32 Å². The lowest BCUT2D eigenvalue weighted by Crippen LogP contribution is -2.46. The molecule has 1 N–H and O–H groups in total. The Morgan fingerprint density at radius 2 is 1.90 bits per heavy atom. The van der Waals surface area contributed by atoms with Gasteiger partial charge in [-0.1, -0.05) is 6.58 Å². The maximum Gasteiger partial charge on any atom is 0.410 e. The van der Waals surface area contributed by atoms with Crippen LogP contribution >= 0.6 is 0 Å². The second-order valence-electron chi connectivity index (χ2n) is 6.31. The first-order valence-corrected chi connectivity index (χ1v) is 7.14. The van der Waals surface area contributed by atoms with Crippen LogP contribution in [0.3, 0.4) is 0 Å². The Morgan fingerprint density at radius 1 is 1.35 bits per heavy atom. The smallest absolute Gasteiger partial charge is 0.410 e. The maximum absolute atomic E-state index is 11.9. The number of likely N-dealkylation sites (tertiary alicyclic amines) is 1. The lowest BCUT2D eigenvalue weighted by molar-refractivity contribution is -0.117. The minimum atomic E-state index is -0.459. The standard InChI is InChI=1S/C15H26N2O3/c1-6-13(18)16-11(2)12-7-9-17(10-8-12)14(19)20-15(3,4)5/h6,11-12H,1,7-10H2,2-5H3,(H,16,18)/t11-/m1/s1. The highest BCUT2D eigenvalue weighted by molar-refractivity contribution is 5.87. The van der Waals surface area contributed by atoms with E-state index in [1.54, 1.807) is 4.90 Å². The van der Waals surface area contributed by atoms with E-state index in [1.807, 2.05) is 27.7 Å². The fourth-order valence-electron chi connectivity index (χ4n) is 2.31. The summed E-state index contributed by atoms with van der Waals surface area (Å²) in [6, 6.07) is 0.0984. The molecular weight excluding hydrogens is 256 g/mol. The van der Waals surface area contributed by atoms with E-state index in [-0.39, 0.29) is 18.0 Å². The third-order valence-electron chi connectivity index (χ3n) is 3.45. The summed E-state index contributed by atoms with van der Waals surface area (Å²) in [5.74, 6) is 0.240. The molecule has 1 aliphatic heterocycles. The van der Waals surface area contributed by atoms with Crippen molar-refractivity contribution in [2.75, 3.05) is 13.1 Å². The summed E-state index contributed by atoms with van der Waals surface area (Å²) in [6.45, 7) is 12.4. The van der Waals surface area contributed by atoms with Crippen molar-refractivity contribution in [2.24, 2.45) is 5.92 Å². The zero-order valence-corrected chi connectivity index (χ0v) is 12.9. The van der Waals surface area contributed by atoms with Crippen LogP contribution in [0.15, 0.2) is 12.7 Å². The van der Waals surface area contributed by atoms with Gasteiger partial charge in [-0.15, -0.1) is 0 Å². The summed E-state index contributed by atoms with van der Waals surface area (Å²) < 4.78 is 5.36. The van der Waals surface area contributed by atoms with E-state index >= 15 is 0 Å². The number of hydrogen-bond donors (Lipinski definition) is 1. The number of carbonyl (C=O) groups is 2. The predicted molar refractivity (Wildman–Crippen MR) is 78.3 cm³/mol. The molecule has 1 saturated heterocycles. The molecule has 5 heteroatoms. The molecular formula is C15H26N2O3. The molecule has 1 heterocycles. The maximum atomic E-state index is 11.9. The molecule has 20 heavy (non-hydrogen) atoms. The number of carbonyl (C=O) groups excluding carboxylic acids is 2. The first-order chi connectivity index (χ1) is 9.23. The molecule has 5 nitrogen and oxygen atoms in total. The monoisotopic (exact) mass is 282 g/mol. The topological polar surface area (TPSA) is 58.6 Å². The molecule has 1 fully saturated rings. The summed E-state index contributed by atoms with van der Waals surface area (Å²) in [4.78, 5) is 25.0. The number of piperidine rings is 1. The van der Waals surface area contributed by atoms with Crippen molar-refractivity contribution in [3.05, 3.63) is 12.7 Å². The Balaban J connectivity index is 2.41. The number of rotatable bonds is 3. The Bertz CT molecular complexity index is 366. The molecule has 0 saturated carbocycles. The molecule has 0 radical (unpaired) electrons. The van der Waals surface area contributed by atoms with Crippen LogP contribution in [0.5, 0.6) is 0 Å². The lowest BCUT2D eigenvalue weighted by Gasteiger charge is -2.35. The first kappa shape index (κ1) is 16.5. The second-order valence-corrected chi connectivity index (χ2v) is 6.31. The molecule has 1 aliphatic rings. The zero-order valence-electron chi connectivity index (χ0n) is 12.9. The van der Waals surface area contributed by atoms with Crippen LogP contribution in [-0.4, -0.2) is 41.6 Å². The van der Waals surface area contributed by atoms with Crippen molar-refractivity contribution in [1.82, 2.24) is 10.2 Å². The zero-order chi connectivity index (χ0) is 15.3. The molecule has 2 amide bonds. The molecule has 0 bridgehead atoms. The van der Waals surface area contributed by atoms with Gasteiger partial charge in [0.2, 0.25) is 5.91 Å². The second kappa shape index (κ2) is 6.77. The Kier molecular flexibility index (Phi) is 5.60. The normalized spacial score (nSPS) is 18.3. The third-order valence-corrected chi connectivity index (χ3v) is 3.45. The largest absolute Gasteiger partial charge is 0.444 e. The molecule has 114 valence electrons. The van der Waals surface area contributed by atoms with Gasteiger partial charge in [0, 0.05) is 19.1 Å². The quantitative estimate of drug-likeness (QED) is 0.808. The van der Waals surface area contributed by atoms with Gasteiger partial charge in [0.05, 0.1) is 0 Å². The number of nitrogens with zero attached hydrogens (tertiary/aromatic N) is 1. The number of amides is 2. The van der Waals surface area contributed by atoms with E-state index in [4.69, 9.17) is 4.74 Å². The van der Waals surface area contributed by atoms with Crippen LogP contribution in [0.4, 0.5) is 4.79 Å². The highest BCUT2D eigenvalue weighted by Gasteiger charge is 2.29. The Hall–Kier alpha value is -1.52. The molecule has 1 rings (SSSR count).